The zero-order valence-corrected chi connectivity index (χ0v) is 13.6. The third-order valence-corrected chi connectivity index (χ3v) is 3.77. The van der Waals surface area contributed by atoms with Crippen LogP contribution >= 0.6 is 0 Å². The Balaban J connectivity index is 1.56. The van der Waals surface area contributed by atoms with Gasteiger partial charge in [-0.3, -0.25) is 4.68 Å². The van der Waals surface area contributed by atoms with E-state index in [1.54, 1.807) is 0 Å². The molecule has 0 N–H and O–H groups in total. The Morgan fingerprint density at radius 2 is 2.13 bits per heavy atom. The van der Waals surface area contributed by atoms with Gasteiger partial charge in [0.25, 0.3) is 0 Å². The van der Waals surface area contributed by atoms with E-state index in [0.29, 0.717) is 6.61 Å². The summed E-state index contributed by atoms with van der Waals surface area (Å²) < 4.78 is 9.88. The summed E-state index contributed by atoms with van der Waals surface area (Å²) in [7, 11) is 0. The average molecular weight is 310 g/mol. The lowest BCUT2D eigenvalue weighted by Crippen LogP contribution is -2.05. The van der Waals surface area contributed by atoms with Gasteiger partial charge in [-0.15, -0.1) is 0 Å². The van der Waals surface area contributed by atoms with E-state index in [9.17, 15) is 0 Å². The van der Waals surface area contributed by atoms with E-state index in [4.69, 9.17) is 4.74 Å². The van der Waals surface area contributed by atoms with Gasteiger partial charge in [-0.2, -0.15) is 5.10 Å². The van der Waals surface area contributed by atoms with Gasteiger partial charge in [-0.25, -0.2) is 4.98 Å². The second kappa shape index (κ2) is 7.13. The summed E-state index contributed by atoms with van der Waals surface area (Å²) in [6, 6.07) is 8.14. The van der Waals surface area contributed by atoms with E-state index in [1.165, 1.54) is 5.56 Å². The van der Waals surface area contributed by atoms with E-state index in [2.05, 4.69) is 46.8 Å². The SMILES string of the molecule is CCn1cc(-c2cncn2CCCOc2cccc(C)c2)cn1. The summed E-state index contributed by atoms with van der Waals surface area (Å²) in [4.78, 5) is 4.27. The molecule has 0 saturated carbocycles. The average Bonchev–Trinajstić information content (AvgIpc) is 3.20. The highest BCUT2D eigenvalue weighted by atomic mass is 16.5. The third-order valence-electron chi connectivity index (χ3n) is 3.77. The first-order valence-electron chi connectivity index (χ1n) is 7.98. The molecule has 120 valence electrons. The van der Waals surface area contributed by atoms with E-state index < -0.39 is 0 Å². The van der Waals surface area contributed by atoms with Crippen LogP contribution in [0.4, 0.5) is 0 Å². The molecule has 0 saturated heterocycles. The molecule has 23 heavy (non-hydrogen) atoms. The van der Waals surface area contributed by atoms with Gasteiger partial charge < -0.3 is 9.30 Å². The lowest BCUT2D eigenvalue weighted by Gasteiger charge is -2.09. The van der Waals surface area contributed by atoms with Crippen molar-refractivity contribution in [3.05, 3.63) is 54.7 Å². The highest BCUT2D eigenvalue weighted by molar-refractivity contribution is 5.56. The molecule has 2 heterocycles. The number of hydrogen-bond acceptors (Lipinski definition) is 3. The second-order valence-corrected chi connectivity index (χ2v) is 5.58. The molecule has 3 aromatic rings. The highest BCUT2D eigenvalue weighted by Crippen LogP contribution is 2.18. The number of ether oxygens (including phenoxy) is 1. The Kier molecular flexibility index (Phi) is 4.76. The monoisotopic (exact) mass is 310 g/mol. The van der Waals surface area contributed by atoms with Gasteiger partial charge in [-0.05, 0) is 38.0 Å². The zero-order valence-electron chi connectivity index (χ0n) is 13.6. The fourth-order valence-electron chi connectivity index (χ4n) is 2.54. The molecule has 0 aliphatic heterocycles. The van der Waals surface area contributed by atoms with Crippen molar-refractivity contribution < 1.29 is 4.74 Å². The summed E-state index contributed by atoms with van der Waals surface area (Å²) in [6.07, 6.45) is 8.62. The van der Waals surface area contributed by atoms with Gasteiger partial charge in [0.2, 0.25) is 0 Å². The molecule has 0 atom stereocenters. The van der Waals surface area contributed by atoms with E-state index in [0.717, 1.165) is 36.5 Å². The maximum absolute atomic E-state index is 5.80. The molecule has 0 radical (unpaired) electrons. The molecule has 0 spiro atoms. The standard InChI is InChI=1S/C18H22N4O/c1-3-22-13-16(11-20-22)18-12-19-14-21(18)8-5-9-23-17-7-4-6-15(2)10-17/h4,6-7,10-14H,3,5,8-9H2,1-2H3. The minimum absolute atomic E-state index is 0.690. The van der Waals surface area contributed by atoms with Crippen molar-refractivity contribution in [3.8, 4) is 17.0 Å². The Labute approximate surface area is 136 Å². The summed E-state index contributed by atoms with van der Waals surface area (Å²) in [5, 5.41) is 4.33. The van der Waals surface area contributed by atoms with Crippen molar-refractivity contribution in [2.75, 3.05) is 6.61 Å². The number of imidazole rings is 1. The molecular formula is C18H22N4O. The number of hydrogen-bond donors (Lipinski definition) is 0. The topological polar surface area (TPSA) is 44.9 Å². The maximum atomic E-state index is 5.80. The van der Waals surface area contributed by atoms with Crippen LogP contribution in [0.2, 0.25) is 0 Å². The first-order chi connectivity index (χ1) is 11.3. The fraction of sp³-hybridized carbons (Fsp3) is 0.333. The van der Waals surface area contributed by atoms with Crippen molar-refractivity contribution in [3.63, 3.8) is 0 Å². The Hall–Kier alpha value is -2.56. The van der Waals surface area contributed by atoms with Crippen LogP contribution in [0.3, 0.4) is 0 Å². The van der Waals surface area contributed by atoms with Gasteiger partial charge in [-0.1, -0.05) is 12.1 Å². The van der Waals surface area contributed by atoms with E-state index in [1.807, 2.05) is 35.5 Å². The summed E-state index contributed by atoms with van der Waals surface area (Å²) in [6.45, 7) is 6.59. The number of aromatic nitrogens is 4. The third kappa shape index (κ3) is 3.80. The molecule has 5 heteroatoms. The van der Waals surface area contributed by atoms with Crippen molar-refractivity contribution in [2.45, 2.75) is 33.4 Å². The van der Waals surface area contributed by atoms with Crippen LogP contribution < -0.4 is 4.74 Å². The lowest BCUT2D eigenvalue weighted by atomic mass is 10.2. The molecule has 5 nitrogen and oxygen atoms in total. The van der Waals surface area contributed by atoms with Gasteiger partial charge in [0.05, 0.1) is 31.0 Å². The fourth-order valence-corrected chi connectivity index (χ4v) is 2.54. The Bertz CT molecular complexity index is 760. The summed E-state index contributed by atoms with van der Waals surface area (Å²) in [5.74, 6) is 0.931. The molecular weight excluding hydrogens is 288 g/mol. The minimum Gasteiger partial charge on any atom is -0.494 e. The first-order valence-corrected chi connectivity index (χ1v) is 7.98. The lowest BCUT2D eigenvalue weighted by molar-refractivity contribution is 0.302. The summed E-state index contributed by atoms with van der Waals surface area (Å²) >= 11 is 0. The van der Waals surface area contributed by atoms with Crippen LogP contribution in [0, 0.1) is 6.92 Å². The van der Waals surface area contributed by atoms with Crippen molar-refractivity contribution in [2.24, 2.45) is 0 Å². The van der Waals surface area contributed by atoms with Crippen LogP contribution in [-0.4, -0.2) is 25.9 Å². The van der Waals surface area contributed by atoms with Gasteiger partial charge in [0.1, 0.15) is 5.75 Å². The Morgan fingerprint density at radius 3 is 2.91 bits per heavy atom. The molecule has 1 aromatic carbocycles. The molecule has 0 amide bonds. The van der Waals surface area contributed by atoms with Crippen LogP contribution in [0.1, 0.15) is 18.9 Å². The molecule has 0 bridgehead atoms. The molecule has 0 aliphatic rings. The molecule has 3 rings (SSSR count). The van der Waals surface area contributed by atoms with Gasteiger partial charge in [0, 0.05) is 24.8 Å². The van der Waals surface area contributed by atoms with Crippen LogP contribution in [0.15, 0.2) is 49.2 Å². The van der Waals surface area contributed by atoms with Gasteiger partial charge in [0.15, 0.2) is 0 Å². The molecule has 0 unspecified atom stereocenters. The molecule has 0 fully saturated rings. The summed E-state index contributed by atoms with van der Waals surface area (Å²) in [5.41, 5.74) is 3.41. The number of benzene rings is 1. The van der Waals surface area contributed by atoms with Crippen LogP contribution in [0.25, 0.3) is 11.3 Å². The number of nitrogens with zero attached hydrogens (tertiary/aromatic N) is 4. The van der Waals surface area contributed by atoms with Crippen molar-refractivity contribution in [1.29, 1.82) is 0 Å². The second-order valence-electron chi connectivity index (χ2n) is 5.58. The minimum atomic E-state index is 0.690. The number of aryl methyl sites for hydroxylation is 3. The quantitative estimate of drug-likeness (QED) is 0.627. The van der Waals surface area contributed by atoms with E-state index >= 15 is 0 Å². The highest BCUT2D eigenvalue weighted by Gasteiger charge is 2.07. The predicted octanol–water partition coefficient (Wildman–Crippen LogP) is 3.54. The van der Waals surface area contributed by atoms with E-state index in [-0.39, 0.29) is 0 Å². The van der Waals surface area contributed by atoms with Gasteiger partial charge >= 0.3 is 0 Å². The largest absolute Gasteiger partial charge is 0.494 e. The smallest absolute Gasteiger partial charge is 0.119 e. The molecule has 0 aliphatic carbocycles. The van der Waals surface area contributed by atoms with Crippen molar-refractivity contribution in [1.82, 2.24) is 19.3 Å². The first kappa shape index (κ1) is 15.3. The predicted molar refractivity (Wildman–Crippen MR) is 90.4 cm³/mol. The van der Waals surface area contributed by atoms with Crippen molar-refractivity contribution >= 4 is 0 Å². The Morgan fingerprint density at radius 1 is 1.22 bits per heavy atom. The van der Waals surface area contributed by atoms with Crippen LogP contribution in [-0.2, 0) is 13.1 Å². The van der Waals surface area contributed by atoms with Crippen LogP contribution in [0.5, 0.6) is 5.75 Å². The number of rotatable bonds is 7. The zero-order chi connectivity index (χ0) is 16.1. The molecule has 2 aromatic heterocycles. The normalized spacial score (nSPS) is 10.9. The maximum Gasteiger partial charge on any atom is 0.119 e.